The third-order valence-electron chi connectivity index (χ3n) is 4.04. The average molecular weight is 398 g/mol. The van der Waals surface area contributed by atoms with Crippen LogP contribution >= 0.6 is 23.2 Å². The molecule has 0 spiro atoms. The Morgan fingerprint density at radius 1 is 0.963 bits per heavy atom. The van der Waals surface area contributed by atoms with Gasteiger partial charge in [-0.25, -0.2) is 4.79 Å². The van der Waals surface area contributed by atoms with Gasteiger partial charge in [-0.15, -0.1) is 0 Å². The van der Waals surface area contributed by atoms with Crippen LogP contribution in [0.25, 0.3) is 22.2 Å². The number of ether oxygens (including phenoxy) is 1. The highest BCUT2D eigenvalue weighted by atomic mass is 35.5. The van der Waals surface area contributed by atoms with Crippen LogP contribution in [0.15, 0.2) is 76.1 Å². The molecule has 2 aromatic carbocycles. The van der Waals surface area contributed by atoms with Crippen molar-refractivity contribution in [2.45, 2.75) is 6.61 Å². The van der Waals surface area contributed by atoms with Crippen LogP contribution in [0.3, 0.4) is 0 Å². The van der Waals surface area contributed by atoms with Gasteiger partial charge in [-0.3, -0.25) is 4.98 Å². The zero-order chi connectivity index (χ0) is 18.8. The van der Waals surface area contributed by atoms with Crippen molar-refractivity contribution in [3.63, 3.8) is 0 Å². The number of nitrogens with zero attached hydrogens (tertiary/aromatic N) is 1. The topological polar surface area (TPSA) is 52.3 Å². The van der Waals surface area contributed by atoms with E-state index in [9.17, 15) is 4.79 Å². The van der Waals surface area contributed by atoms with Crippen LogP contribution in [0, 0.1) is 0 Å². The van der Waals surface area contributed by atoms with Crippen LogP contribution in [0.1, 0.15) is 5.56 Å². The van der Waals surface area contributed by atoms with Crippen LogP contribution in [0.5, 0.6) is 5.75 Å². The Morgan fingerprint density at radius 2 is 1.85 bits per heavy atom. The molecule has 4 aromatic rings. The summed E-state index contributed by atoms with van der Waals surface area (Å²) >= 11 is 11.9. The standard InChI is InChI=1S/C21H13Cl2NO3/c22-17-7-4-13(9-18(17)23)12-26-15-6-5-14-10-16(19-3-1-2-8-24-19)21(25)27-20(14)11-15/h1-11H,12H2. The molecule has 0 aliphatic heterocycles. The van der Waals surface area contributed by atoms with E-state index in [4.69, 9.17) is 32.4 Å². The molecule has 2 aromatic heterocycles. The lowest BCUT2D eigenvalue weighted by Crippen LogP contribution is -2.03. The SMILES string of the molecule is O=c1oc2cc(OCc3ccc(Cl)c(Cl)c3)ccc2cc1-c1ccccn1. The summed E-state index contributed by atoms with van der Waals surface area (Å²) in [6.45, 7) is 0.318. The number of fused-ring (bicyclic) bond motifs is 1. The third kappa shape index (κ3) is 3.82. The monoisotopic (exact) mass is 397 g/mol. The van der Waals surface area contributed by atoms with E-state index in [1.54, 1.807) is 42.6 Å². The molecule has 0 saturated carbocycles. The van der Waals surface area contributed by atoms with Gasteiger partial charge >= 0.3 is 5.63 Å². The maximum Gasteiger partial charge on any atom is 0.345 e. The third-order valence-corrected chi connectivity index (χ3v) is 4.78. The highest BCUT2D eigenvalue weighted by Gasteiger charge is 2.10. The van der Waals surface area contributed by atoms with E-state index in [-0.39, 0.29) is 0 Å². The molecule has 134 valence electrons. The Kier molecular flexibility index (Phi) is 4.84. The Hall–Kier alpha value is -2.82. The van der Waals surface area contributed by atoms with E-state index in [0.717, 1.165) is 10.9 Å². The first-order chi connectivity index (χ1) is 13.1. The van der Waals surface area contributed by atoms with Gasteiger partial charge < -0.3 is 9.15 Å². The predicted octanol–water partition coefficient (Wildman–Crippen LogP) is 5.74. The first-order valence-electron chi connectivity index (χ1n) is 8.16. The summed E-state index contributed by atoms with van der Waals surface area (Å²) in [6.07, 6.45) is 1.64. The van der Waals surface area contributed by atoms with E-state index >= 15 is 0 Å². The van der Waals surface area contributed by atoms with Gasteiger partial charge in [0.2, 0.25) is 0 Å². The summed E-state index contributed by atoms with van der Waals surface area (Å²) in [6, 6.07) is 17.8. The van der Waals surface area contributed by atoms with Crippen molar-refractivity contribution in [1.29, 1.82) is 0 Å². The van der Waals surface area contributed by atoms with Gasteiger partial charge in [0.05, 0.1) is 21.3 Å². The van der Waals surface area contributed by atoms with Crippen LogP contribution in [-0.4, -0.2) is 4.98 Å². The number of hydrogen-bond donors (Lipinski definition) is 0. The van der Waals surface area contributed by atoms with Crippen molar-refractivity contribution in [3.05, 3.63) is 92.9 Å². The Morgan fingerprint density at radius 3 is 2.63 bits per heavy atom. The fraction of sp³-hybridized carbons (Fsp3) is 0.0476. The molecule has 0 atom stereocenters. The van der Waals surface area contributed by atoms with Gasteiger partial charge in [0.15, 0.2) is 0 Å². The lowest BCUT2D eigenvalue weighted by Gasteiger charge is -2.08. The minimum atomic E-state index is -0.442. The summed E-state index contributed by atoms with van der Waals surface area (Å²) in [5.41, 5.74) is 1.89. The van der Waals surface area contributed by atoms with Crippen molar-refractivity contribution in [2.24, 2.45) is 0 Å². The molecule has 0 fully saturated rings. The molecule has 4 nitrogen and oxygen atoms in total. The summed E-state index contributed by atoms with van der Waals surface area (Å²) in [7, 11) is 0. The lowest BCUT2D eigenvalue weighted by atomic mass is 10.1. The fourth-order valence-electron chi connectivity index (χ4n) is 2.68. The maximum absolute atomic E-state index is 12.3. The minimum absolute atomic E-state index is 0.318. The van der Waals surface area contributed by atoms with Crippen molar-refractivity contribution in [2.75, 3.05) is 0 Å². The Balaban J connectivity index is 1.61. The van der Waals surface area contributed by atoms with Gasteiger partial charge in [-0.1, -0.05) is 35.3 Å². The molecule has 0 N–H and O–H groups in total. The minimum Gasteiger partial charge on any atom is -0.489 e. The molecule has 6 heteroatoms. The molecule has 2 heterocycles. The fourth-order valence-corrected chi connectivity index (χ4v) is 3.00. The zero-order valence-corrected chi connectivity index (χ0v) is 15.5. The maximum atomic E-state index is 12.3. The zero-order valence-electron chi connectivity index (χ0n) is 14.0. The van der Waals surface area contributed by atoms with E-state index in [2.05, 4.69) is 4.98 Å². The van der Waals surface area contributed by atoms with E-state index in [0.29, 0.717) is 39.2 Å². The molecule has 0 aliphatic carbocycles. The van der Waals surface area contributed by atoms with Crippen LogP contribution in [0.4, 0.5) is 0 Å². The molecular formula is C21H13Cl2NO3. The summed E-state index contributed by atoms with van der Waals surface area (Å²) < 4.78 is 11.2. The van der Waals surface area contributed by atoms with E-state index < -0.39 is 5.63 Å². The molecule has 4 rings (SSSR count). The highest BCUT2D eigenvalue weighted by molar-refractivity contribution is 6.42. The van der Waals surface area contributed by atoms with Crippen LogP contribution < -0.4 is 10.4 Å². The molecule has 27 heavy (non-hydrogen) atoms. The van der Waals surface area contributed by atoms with Gasteiger partial charge in [0.25, 0.3) is 0 Å². The number of pyridine rings is 1. The van der Waals surface area contributed by atoms with E-state index in [1.807, 2.05) is 24.3 Å². The summed E-state index contributed by atoms with van der Waals surface area (Å²) in [5, 5.41) is 1.76. The van der Waals surface area contributed by atoms with Crippen molar-refractivity contribution >= 4 is 34.2 Å². The molecule has 0 amide bonds. The molecular weight excluding hydrogens is 385 g/mol. The average Bonchev–Trinajstić information content (AvgIpc) is 2.69. The van der Waals surface area contributed by atoms with Gasteiger partial charge in [0, 0.05) is 17.6 Å². The van der Waals surface area contributed by atoms with Gasteiger partial charge in [-0.05, 0) is 48.0 Å². The largest absolute Gasteiger partial charge is 0.489 e. The highest BCUT2D eigenvalue weighted by Crippen LogP contribution is 2.26. The number of hydrogen-bond acceptors (Lipinski definition) is 4. The van der Waals surface area contributed by atoms with E-state index in [1.165, 1.54) is 0 Å². The number of halogens is 2. The lowest BCUT2D eigenvalue weighted by molar-refractivity contribution is 0.306. The quantitative estimate of drug-likeness (QED) is 0.412. The molecule has 0 radical (unpaired) electrons. The molecule has 0 bridgehead atoms. The Labute approximate surface area is 164 Å². The van der Waals surface area contributed by atoms with Crippen LogP contribution in [-0.2, 0) is 6.61 Å². The summed E-state index contributed by atoms with van der Waals surface area (Å²) in [5.74, 6) is 0.585. The predicted molar refractivity (Wildman–Crippen MR) is 107 cm³/mol. The van der Waals surface area contributed by atoms with Crippen LogP contribution in [0.2, 0.25) is 10.0 Å². The van der Waals surface area contributed by atoms with Gasteiger partial charge in [-0.2, -0.15) is 0 Å². The first kappa shape index (κ1) is 17.6. The second-order valence-corrected chi connectivity index (χ2v) is 6.71. The molecule has 0 unspecified atom stereocenters. The number of rotatable bonds is 4. The second-order valence-electron chi connectivity index (χ2n) is 5.90. The first-order valence-corrected chi connectivity index (χ1v) is 8.92. The number of aromatic nitrogens is 1. The molecule has 0 aliphatic rings. The smallest absolute Gasteiger partial charge is 0.345 e. The Bertz CT molecular complexity index is 1170. The number of benzene rings is 2. The normalized spacial score (nSPS) is 10.9. The van der Waals surface area contributed by atoms with Gasteiger partial charge in [0.1, 0.15) is 17.9 Å². The van der Waals surface area contributed by atoms with Crippen molar-refractivity contribution in [3.8, 4) is 17.0 Å². The van der Waals surface area contributed by atoms with Crippen molar-refractivity contribution in [1.82, 2.24) is 4.98 Å². The summed E-state index contributed by atoms with van der Waals surface area (Å²) in [4.78, 5) is 16.5. The molecule has 0 saturated heterocycles. The van der Waals surface area contributed by atoms with Crippen molar-refractivity contribution < 1.29 is 9.15 Å². The second kappa shape index (κ2) is 7.43.